The number of hydrogen-bond donors (Lipinski definition) is 0. The second kappa shape index (κ2) is 5.27. The van der Waals surface area contributed by atoms with Gasteiger partial charge in [-0.25, -0.2) is 4.68 Å². The van der Waals surface area contributed by atoms with E-state index < -0.39 is 4.92 Å². The fraction of sp³-hybridized carbons (Fsp3) is 0.667. The third-order valence-corrected chi connectivity index (χ3v) is 2.72. The van der Waals surface area contributed by atoms with Crippen LogP contribution in [0.15, 0.2) is 0 Å². The molecule has 0 saturated carbocycles. The molecule has 0 bridgehead atoms. The molecule has 0 fully saturated rings. The van der Waals surface area contributed by atoms with Crippen molar-refractivity contribution < 1.29 is 9.66 Å². The van der Waals surface area contributed by atoms with Gasteiger partial charge in [-0.1, -0.05) is 18.5 Å². The summed E-state index contributed by atoms with van der Waals surface area (Å²) in [7, 11) is 1.46. The van der Waals surface area contributed by atoms with Crippen molar-refractivity contribution in [2.45, 2.75) is 32.9 Å². The highest BCUT2D eigenvalue weighted by atomic mass is 35.5. The third kappa shape index (κ3) is 2.33. The molecule has 0 spiro atoms. The molecule has 0 saturated heterocycles. The van der Waals surface area contributed by atoms with E-state index in [9.17, 15) is 10.1 Å². The average Bonchev–Trinajstić information content (AvgIpc) is 2.55. The lowest BCUT2D eigenvalue weighted by atomic mass is 10.3. The quantitative estimate of drug-likeness (QED) is 0.592. The first-order valence-corrected chi connectivity index (χ1v) is 5.30. The van der Waals surface area contributed by atoms with Gasteiger partial charge in [0.05, 0.1) is 17.6 Å². The second-order valence-corrected chi connectivity index (χ2v) is 3.84. The molecule has 0 N–H and O–H groups in total. The minimum atomic E-state index is -0.525. The number of methoxy groups -OCH3 is 1. The van der Waals surface area contributed by atoms with E-state index in [0.29, 0.717) is 0 Å². The lowest BCUT2D eigenvalue weighted by molar-refractivity contribution is -0.385. The van der Waals surface area contributed by atoms with Crippen LogP contribution in [0.2, 0.25) is 5.15 Å². The van der Waals surface area contributed by atoms with Gasteiger partial charge in [-0.3, -0.25) is 10.1 Å². The third-order valence-electron chi connectivity index (χ3n) is 2.37. The Morgan fingerprint density at radius 2 is 2.31 bits per heavy atom. The van der Waals surface area contributed by atoms with Gasteiger partial charge >= 0.3 is 5.69 Å². The summed E-state index contributed by atoms with van der Waals surface area (Å²) in [6, 6.07) is 0.0248. The van der Waals surface area contributed by atoms with E-state index in [0.717, 1.165) is 6.42 Å². The summed E-state index contributed by atoms with van der Waals surface area (Å²) < 4.78 is 6.33. The number of nitrogens with zero attached hydrogens (tertiary/aromatic N) is 3. The molecule has 0 amide bonds. The van der Waals surface area contributed by atoms with Crippen LogP contribution in [0.5, 0.6) is 0 Å². The molecule has 1 heterocycles. The van der Waals surface area contributed by atoms with Gasteiger partial charge in [0.2, 0.25) is 5.15 Å². The van der Waals surface area contributed by atoms with Crippen LogP contribution in [-0.2, 0) is 11.3 Å². The van der Waals surface area contributed by atoms with Gasteiger partial charge in [-0.2, -0.15) is 5.10 Å². The van der Waals surface area contributed by atoms with Crippen LogP contribution in [0, 0.1) is 10.1 Å². The topological polar surface area (TPSA) is 70.2 Å². The first-order valence-electron chi connectivity index (χ1n) is 4.93. The predicted molar refractivity (Wildman–Crippen MR) is 59.6 cm³/mol. The molecule has 0 aliphatic carbocycles. The van der Waals surface area contributed by atoms with E-state index in [1.807, 2.05) is 13.8 Å². The Kier molecular flexibility index (Phi) is 4.26. The van der Waals surface area contributed by atoms with Gasteiger partial charge in [0.15, 0.2) is 5.69 Å². The van der Waals surface area contributed by atoms with Crippen LogP contribution in [0.4, 0.5) is 5.69 Å². The van der Waals surface area contributed by atoms with Crippen molar-refractivity contribution in [3.05, 3.63) is 21.0 Å². The van der Waals surface area contributed by atoms with Crippen LogP contribution in [0.3, 0.4) is 0 Å². The van der Waals surface area contributed by atoms with Crippen LogP contribution in [-0.4, -0.2) is 21.8 Å². The summed E-state index contributed by atoms with van der Waals surface area (Å²) in [6.45, 7) is 3.95. The van der Waals surface area contributed by atoms with E-state index in [-0.39, 0.29) is 29.2 Å². The molecule has 0 aliphatic rings. The number of rotatable bonds is 5. The largest absolute Gasteiger partial charge is 0.378 e. The van der Waals surface area contributed by atoms with Crippen LogP contribution in [0.25, 0.3) is 0 Å². The second-order valence-electron chi connectivity index (χ2n) is 3.48. The van der Waals surface area contributed by atoms with Crippen molar-refractivity contribution in [1.29, 1.82) is 0 Å². The maximum atomic E-state index is 10.9. The van der Waals surface area contributed by atoms with Gasteiger partial charge in [0, 0.05) is 7.11 Å². The Balaban J connectivity index is 3.23. The molecule has 7 heteroatoms. The molecule has 1 atom stereocenters. The van der Waals surface area contributed by atoms with Crippen molar-refractivity contribution in [1.82, 2.24) is 9.78 Å². The van der Waals surface area contributed by atoms with Gasteiger partial charge < -0.3 is 4.74 Å². The van der Waals surface area contributed by atoms with Crippen molar-refractivity contribution >= 4 is 17.3 Å². The Morgan fingerprint density at radius 1 is 1.69 bits per heavy atom. The minimum Gasteiger partial charge on any atom is -0.378 e. The molecule has 1 aromatic heterocycles. The zero-order valence-corrected chi connectivity index (χ0v) is 10.2. The Bertz CT molecular complexity index is 392. The summed E-state index contributed by atoms with van der Waals surface area (Å²) in [6.07, 6.45) is 0.797. The zero-order valence-electron chi connectivity index (χ0n) is 9.44. The fourth-order valence-electron chi connectivity index (χ4n) is 1.33. The molecular formula is C9H14ClN3O3. The highest BCUT2D eigenvalue weighted by molar-refractivity contribution is 6.31. The summed E-state index contributed by atoms with van der Waals surface area (Å²) in [4.78, 5) is 10.3. The summed E-state index contributed by atoms with van der Waals surface area (Å²) in [5.41, 5.74) is 0.0987. The van der Waals surface area contributed by atoms with E-state index in [2.05, 4.69) is 5.10 Å². The molecule has 0 radical (unpaired) electrons. The molecule has 90 valence electrons. The number of nitro groups is 1. The summed E-state index contributed by atoms with van der Waals surface area (Å²) >= 11 is 5.94. The SMILES string of the molecule is CCC(C)n1nc(COC)c([N+](=O)[O-])c1Cl. The number of hydrogen-bond acceptors (Lipinski definition) is 4. The van der Waals surface area contributed by atoms with Gasteiger partial charge in [0.1, 0.15) is 0 Å². The molecule has 0 aromatic carbocycles. The van der Waals surface area contributed by atoms with Gasteiger partial charge in [0.25, 0.3) is 0 Å². The van der Waals surface area contributed by atoms with E-state index in [1.54, 1.807) is 0 Å². The normalized spacial score (nSPS) is 12.8. The first kappa shape index (κ1) is 12.9. The molecule has 1 rings (SSSR count). The van der Waals surface area contributed by atoms with Crippen molar-refractivity contribution in [2.75, 3.05) is 7.11 Å². The summed E-state index contributed by atoms with van der Waals surface area (Å²) in [5.74, 6) is 0. The molecular weight excluding hydrogens is 234 g/mol. The minimum absolute atomic E-state index is 0.0248. The summed E-state index contributed by atoms with van der Waals surface area (Å²) in [5, 5.41) is 15.0. The molecule has 1 aromatic rings. The van der Waals surface area contributed by atoms with Crippen molar-refractivity contribution in [2.24, 2.45) is 0 Å². The van der Waals surface area contributed by atoms with Gasteiger partial charge in [-0.05, 0) is 13.3 Å². The van der Waals surface area contributed by atoms with Crippen LogP contribution >= 0.6 is 11.6 Å². The van der Waals surface area contributed by atoms with E-state index >= 15 is 0 Å². The molecule has 16 heavy (non-hydrogen) atoms. The number of ether oxygens (including phenoxy) is 1. The maximum Gasteiger partial charge on any atom is 0.331 e. The predicted octanol–water partition coefficient (Wildman–Crippen LogP) is 2.56. The Hall–Kier alpha value is -1.14. The standard InChI is InChI=1S/C9H14ClN3O3/c1-4-6(2)12-9(10)8(13(14)15)7(11-12)5-16-3/h6H,4-5H2,1-3H3. The molecule has 0 aliphatic heterocycles. The first-order chi connectivity index (χ1) is 7.52. The van der Waals surface area contributed by atoms with Crippen molar-refractivity contribution in [3.8, 4) is 0 Å². The fourth-order valence-corrected chi connectivity index (χ4v) is 1.71. The van der Waals surface area contributed by atoms with E-state index in [1.165, 1.54) is 11.8 Å². The lowest BCUT2D eigenvalue weighted by Crippen LogP contribution is -2.06. The smallest absolute Gasteiger partial charge is 0.331 e. The number of halogens is 1. The van der Waals surface area contributed by atoms with Gasteiger partial charge in [-0.15, -0.1) is 0 Å². The lowest BCUT2D eigenvalue weighted by Gasteiger charge is -2.08. The maximum absolute atomic E-state index is 10.9. The highest BCUT2D eigenvalue weighted by Crippen LogP contribution is 2.31. The van der Waals surface area contributed by atoms with Crippen molar-refractivity contribution in [3.63, 3.8) is 0 Å². The zero-order chi connectivity index (χ0) is 12.3. The van der Waals surface area contributed by atoms with E-state index in [4.69, 9.17) is 16.3 Å². The van der Waals surface area contributed by atoms with Crippen LogP contribution < -0.4 is 0 Å². The average molecular weight is 248 g/mol. The molecule has 6 nitrogen and oxygen atoms in total. The highest BCUT2D eigenvalue weighted by Gasteiger charge is 2.27. The Labute approximate surface area is 98.3 Å². The molecule has 1 unspecified atom stereocenters. The monoisotopic (exact) mass is 247 g/mol. The van der Waals surface area contributed by atoms with Crippen LogP contribution in [0.1, 0.15) is 32.0 Å². The number of aromatic nitrogens is 2. The Morgan fingerprint density at radius 3 is 2.75 bits per heavy atom.